The number of aliphatic carboxylic acids is 1. The molecule has 9 heteroatoms. The quantitative estimate of drug-likeness (QED) is 0.516. The van der Waals surface area contributed by atoms with E-state index in [-0.39, 0.29) is 28.6 Å². The summed E-state index contributed by atoms with van der Waals surface area (Å²) >= 11 is 12.0. The van der Waals surface area contributed by atoms with E-state index in [0.717, 1.165) is 0 Å². The van der Waals surface area contributed by atoms with Crippen LogP contribution in [0.2, 0.25) is 10.0 Å². The van der Waals surface area contributed by atoms with Crippen molar-refractivity contribution in [3.8, 4) is 0 Å². The van der Waals surface area contributed by atoms with E-state index in [1.54, 1.807) is 30.3 Å². The normalized spacial score (nSPS) is 14.1. The highest BCUT2D eigenvalue weighted by molar-refractivity contribution is 6.39. The van der Waals surface area contributed by atoms with Gasteiger partial charge in [-0.05, 0) is 17.7 Å². The molecule has 2 aromatic carbocycles. The van der Waals surface area contributed by atoms with Gasteiger partial charge in [-0.15, -0.1) is 0 Å². The van der Waals surface area contributed by atoms with Crippen molar-refractivity contribution in [2.75, 3.05) is 20.8 Å². The third-order valence-electron chi connectivity index (χ3n) is 4.32. The van der Waals surface area contributed by atoms with Gasteiger partial charge in [-0.2, -0.15) is 0 Å². The number of ether oxygens (including phenoxy) is 2. The molecule has 2 rings (SSSR count). The summed E-state index contributed by atoms with van der Waals surface area (Å²) in [7, 11) is 2.78. The van der Waals surface area contributed by atoms with Crippen molar-refractivity contribution in [1.82, 2.24) is 5.32 Å². The predicted molar refractivity (Wildman–Crippen MR) is 108 cm³/mol. The van der Waals surface area contributed by atoms with Gasteiger partial charge in [0.25, 0.3) is 5.91 Å². The van der Waals surface area contributed by atoms with Gasteiger partial charge in [0.15, 0.2) is 0 Å². The van der Waals surface area contributed by atoms with Gasteiger partial charge in [0.05, 0.1) is 15.6 Å². The van der Waals surface area contributed by atoms with Crippen LogP contribution in [0, 0.1) is 0 Å². The van der Waals surface area contributed by atoms with Gasteiger partial charge >= 0.3 is 5.97 Å². The second-order valence-corrected chi connectivity index (χ2v) is 7.10. The number of carboxylic acids is 1. The van der Waals surface area contributed by atoms with E-state index in [1.807, 2.05) is 0 Å². The lowest BCUT2D eigenvalue weighted by Gasteiger charge is -2.26. The molecule has 0 aliphatic rings. The lowest BCUT2D eigenvalue weighted by molar-refractivity contribution is -0.221. The standard InChI is InChI=1S/C20H21Cl2NO6/c1-28-11-20(27,29-2)13-8-6-12(7-9-13)10-16(19(25)26)23-18(24)17-14(21)4-3-5-15(17)22/h3-9,16,27H,10-11H2,1-2H3,(H,23,24)(H,25,26). The molecule has 0 aliphatic carbocycles. The molecule has 1 amide bonds. The number of carboxylic acid groups (broad SMARTS) is 1. The number of hydrogen-bond donors (Lipinski definition) is 3. The number of benzene rings is 2. The van der Waals surface area contributed by atoms with E-state index in [0.29, 0.717) is 11.1 Å². The van der Waals surface area contributed by atoms with Gasteiger partial charge in [0.1, 0.15) is 12.6 Å². The number of aliphatic hydroxyl groups is 1. The van der Waals surface area contributed by atoms with Gasteiger partial charge in [0.2, 0.25) is 5.79 Å². The molecule has 0 saturated heterocycles. The maximum Gasteiger partial charge on any atom is 0.326 e. The Labute approximate surface area is 178 Å². The summed E-state index contributed by atoms with van der Waals surface area (Å²) in [6.45, 7) is -0.0742. The molecule has 0 fully saturated rings. The number of nitrogens with one attached hydrogen (secondary N) is 1. The van der Waals surface area contributed by atoms with Crippen LogP contribution in [0.5, 0.6) is 0 Å². The molecule has 2 aromatic rings. The van der Waals surface area contributed by atoms with E-state index in [4.69, 9.17) is 32.7 Å². The molecule has 2 atom stereocenters. The molecule has 0 aromatic heterocycles. The monoisotopic (exact) mass is 441 g/mol. The van der Waals surface area contributed by atoms with Crippen LogP contribution in [0.1, 0.15) is 21.5 Å². The largest absolute Gasteiger partial charge is 0.480 e. The van der Waals surface area contributed by atoms with E-state index in [9.17, 15) is 19.8 Å². The molecule has 3 N–H and O–H groups in total. The summed E-state index contributed by atoms with van der Waals surface area (Å²) in [4.78, 5) is 24.1. The van der Waals surface area contributed by atoms with Crippen molar-refractivity contribution in [3.05, 3.63) is 69.2 Å². The van der Waals surface area contributed by atoms with Crippen molar-refractivity contribution in [3.63, 3.8) is 0 Å². The first-order chi connectivity index (χ1) is 13.7. The first kappa shape index (κ1) is 23.1. The summed E-state index contributed by atoms with van der Waals surface area (Å²) in [6.07, 6.45) is 0.0130. The van der Waals surface area contributed by atoms with Crippen molar-refractivity contribution in [2.45, 2.75) is 18.2 Å². The van der Waals surface area contributed by atoms with Gasteiger partial charge in [-0.3, -0.25) is 4.79 Å². The zero-order valence-electron chi connectivity index (χ0n) is 15.8. The highest BCUT2D eigenvalue weighted by Crippen LogP contribution is 2.25. The van der Waals surface area contributed by atoms with Crippen LogP contribution in [-0.4, -0.2) is 49.0 Å². The fourth-order valence-corrected chi connectivity index (χ4v) is 3.31. The Morgan fingerprint density at radius 3 is 2.17 bits per heavy atom. The third kappa shape index (κ3) is 5.68. The molecule has 0 heterocycles. The van der Waals surface area contributed by atoms with Crippen molar-refractivity contribution in [1.29, 1.82) is 0 Å². The zero-order valence-corrected chi connectivity index (χ0v) is 17.3. The minimum Gasteiger partial charge on any atom is -0.480 e. The van der Waals surface area contributed by atoms with Gasteiger partial charge < -0.3 is 25.0 Å². The van der Waals surface area contributed by atoms with Crippen molar-refractivity contribution >= 4 is 35.1 Å². The minimum absolute atomic E-state index is 0.0130. The van der Waals surface area contributed by atoms with Crippen molar-refractivity contribution < 1.29 is 29.3 Å². The Bertz CT molecular complexity index is 854. The van der Waals surface area contributed by atoms with E-state index >= 15 is 0 Å². The topological polar surface area (TPSA) is 105 Å². The van der Waals surface area contributed by atoms with Gasteiger partial charge in [-0.25, -0.2) is 4.79 Å². The highest BCUT2D eigenvalue weighted by atomic mass is 35.5. The van der Waals surface area contributed by atoms with Crippen LogP contribution in [0.3, 0.4) is 0 Å². The number of rotatable bonds is 9. The summed E-state index contributed by atoms with van der Waals surface area (Å²) in [5.74, 6) is -3.51. The average molecular weight is 442 g/mol. The summed E-state index contributed by atoms with van der Waals surface area (Å²) in [6, 6.07) is 9.84. The molecular weight excluding hydrogens is 421 g/mol. The molecule has 0 saturated carbocycles. The molecule has 29 heavy (non-hydrogen) atoms. The molecule has 2 unspecified atom stereocenters. The Balaban J connectivity index is 2.17. The lowest BCUT2D eigenvalue weighted by atomic mass is 10.0. The van der Waals surface area contributed by atoms with Crippen LogP contribution in [-0.2, 0) is 26.5 Å². The van der Waals surface area contributed by atoms with Crippen LogP contribution in [0.4, 0.5) is 0 Å². The van der Waals surface area contributed by atoms with Crippen LogP contribution < -0.4 is 5.32 Å². The number of hydrogen-bond acceptors (Lipinski definition) is 5. The second kappa shape index (κ2) is 10.0. The Morgan fingerprint density at radius 1 is 1.10 bits per heavy atom. The predicted octanol–water partition coefficient (Wildman–Crippen LogP) is 2.86. The first-order valence-corrected chi connectivity index (χ1v) is 9.31. The average Bonchev–Trinajstić information content (AvgIpc) is 2.68. The van der Waals surface area contributed by atoms with Gasteiger partial charge in [0, 0.05) is 26.2 Å². The summed E-state index contributed by atoms with van der Waals surface area (Å²) in [5.41, 5.74) is 1.09. The molecule has 7 nitrogen and oxygen atoms in total. The third-order valence-corrected chi connectivity index (χ3v) is 4.95. The molecular formula is C20H21Cl2NO6. The van der Waals surface area contributed by atoms with E-state index < -0.39 is 23.7 Å². The first-order valence-electron chi connectivity index (χ1n) is 8.55. The second-order valence-electron chi connectivity index (χ2n) is 6.28. The molecule has 0 bridgehead atoms. The Morgan fingerprint density at radius 2 is 1.69 bits per heavy atom. The number of carbonyl (C=O) groups excluding carboxylic acids is 1. The summed E-state index contributed by atoms with van der Waals surface area (Å²) in [5, 5.41) is 22.6. The molecule has 0 aliphatic heterocycles. The lowest BCUT2D eigenvalue weighted by Crippen LogP contribution is -2.42. The van der Waals surface area contributed by atoms with Crippen molar-refractivity contribution in [2.24, 2.45) is 0 Å². The SMILES string of the molecule is COCC(O)(OC)c1ccc(CC(NC(=O)c2c(Cl)cccc2Cl)C(=O)O)cc1. The molecule has 0 radical (unpaired) electrons. The Hall–Kier alpha value is -2.16. The number of carbonyl (C=O) groups is 2. The van der Waals surface area contributed by atoms with Gasteiger partial charge in [-0.1, -0.05) is 53.5 Å². The minimum atomic E-state index is -1.62. The fraction of sp³-hybridized carbons (Fsp3) is 0.300. The fourth-order valence-electron chi connectivity index (χ4n) is 2.74. The highest BCUT2D eigenvalue weighted by Gasteiger charge is 2.29. The molecule has 0 spiro atoms. The number of methoxy groups -OCH3 is 2. The maximum atomic E-state index is 12.5. The Kier molecular flexibility index (Phi) is 8.01. The van der Waals surface area contributed by atoms with Crippen LogP contribution in [0.15, 0.2) is 42.5 Å². The van der Waals surface area contributed by atoms with Crippen LogP contribution in [0.25, 0.3) is 0 Å². The zero-order chi connectivity index (χ0) is 21.6. The number of amides is 1. The molecule has 156 valence electrons. The number of halogens is 2. The van der Waals surface area contributed by atoms with Crippen LogP contribution >= 0.6 is 23.2 Å². The maximum absolute atomic E-state index is 12.5. The van der Waals surface area contributed by atoms with E-state index in [1.165, 1.54) is 26.4 Å². The smallest absolute Gasteiger partial charge is 0.326 e. The van der Waals surface area contributed by atoms with E-state index in [2.05, 4.69) is 5.32 Å². The summed E-state index contributed by atoms with van der Waals surface area (Å²) < 4.78 is 10.1.